The Balaban J connectivity index is 1.87. The third kappa shape index (κ3) is 2.53. The van der Waals surface area contributed by atoms with Crippen molar-refractivity contribution in [2.24, 2.45) is 0 Å². The molecule has 0 aliphatic heterocycles. The van der Waals surface area contributed by atoms with Crippen LogP contribution in [-0.4, -0.2) is 21.7 Å². The van der Waals surface area contributed by atoms with E-state index in [4.69, 9.17) is 10.5 Å². The molecule has 0 unspecified atom stereocenters. The predicted octanol–water partition coefficient (Wildman–Crippen LogP) is 3.34. The zero-order valence-electron chi connectivity index (χ0n) is 13.3. The smallest absolute Gasteiger partial charge is 0.222 e. The zero-order valence-corrected chi connectivity index (χ0v) is 13.3. The fraction of sp³-hybridized carbons (Fsp3) is 0.111. The average molecular weight is 340 g/mol. The van der Waals surface area contributed by atoms with Gasteiger partial charge in [-0.25, -0.2) is 13.8 Å². The topological polar surface area (TPSA) is 65.4 Å². The highest BCUT2D eigenvalue weighted by Crippen LogP contribution is 2.29. The third-order valence-corrected chi connectivity index (χ3v) is 4.08. The first-order valence-corrected chi connectivity index (χ1v) is 7.61. The molecule has 5 nitrogen and oxygen atoms in total. The molecule has 0 aliphatic carbocycles. The predicted molar refractivity (Wildman–Crippen MR) is 90.6 cm³/mol. The standard InChI is InChI=1S/C18H14F2N4O/c1-25-16-4-2-3-13-15-9-12(23-24(15)18(21)22-17(13)16)7-10-5-6-11(19)8-14(10)20/h2-6,8-9H,7H2,1H3,(H2,21,22). The average Bonchev–Trinajstić information content (AvgIpc) is 3.02. The molecule has 2 aromatic carbocycles. The maximum atomic E-state index is 13.9. The van der Waals surface area contributed by atoms with Gasteiger partial charge in [0.15, 0.2) is 0 Å². The molecule has 4 aromatic rings. The van der Waals surface area contributed by atoms with Crippen LogP contribution in [0.3, 0.4) is 0 Å². The maximum absolute atomic E-state index is 13.9. The highest BCUT2D eigenvalue weighted by atomic mass is 19.1. The van der Waals surface area contributed by atoms with Crippen molar-refractivity contribution in [2.75, 3.05) is 12.8 Å². The van der Waals surface area contributed by atoms with E-state index in [1.165, 1.54) is 16.6 Å². The van der Waals surface area contributed by atoms with Gasteiger partial charge in [0, 0.05) is 17.9 Å². The molecule has 0 saturated carbocycles. The molecule has 0 radical (unpaired) electrons. The summed E-state index contributed by atoms with van der Waals surface area (Å²) in [5.74, 6) is -0.394. The molecule has 2 heterocycles. The number of ether oxygens (including phenoxy) is 1. The summed E-state index contributed by atoms with van der Waals surface area (Å²) in [5.41, 5.74) is 8.36. The number of hydrogen-bond donors (Lipinski definition) is 1. The lowest BCUT2D eigenvalue weighted by atomic mass is 10.1. The number of para-hydroxylation sites is 1. The second-order valence-corrected chi connectivity index (χ2v) is 5.67. The minimum atomic E-state index is -0.609. The van der Waals surface area contributed by atoms with Crippen LogP contribution in [0.5, 0.6) is 5.75 Å². The van der Waals surface area contributed by atoms with Gasteiger partial charge >= 0.3 is 0 Å². The lowest BCUT2D eigenvalue weighted by Gasteiger charge is -2.07. The molecule has 0 amide bonds. The van der Waals surface area contributed by atoms with E-state index in [1.807, 2.05) is 18.2 Å². The number of rotatable bonds is 3. The lowest BCUT2D eigenvalue weighted by Crippen LogP contribution is -2.03. The summed E-state index contributed by atoms with van der Waals surface area (Å²) in [6.45, 7) is 0. The van der Waals surface area contributed by atoms with Gasteiger partial charge in [0.1, 0.15) is 22.9 Å². The molecule has 7 heteroatoms. The van der Waals surface area contributed by atoms with Gasteiger partial charge in [-0.2, -0.15) is 9.61 Å². The first kappa shape index (κ1) is 15.3. The number of fused-ring (bicyclic) bond motifs is 3. The van der Waals surface area contributed by atoms with Gasteiger partial charge in [-0.3, -0.25) is 0 Å². The Morgan fingerprint density at radius 2 is 2.00 bits per heavy atom. The van der Waals surface area contributed by atoms with Crippen LogP contribution in [0.15, 0.2) is 42.5 Å². The minimum Gasteiger partial charge on any atom is -0.494 e. The van der Waals surface area contributed by atoms with Gasteiger partial charge in [-0.05, 0) is 23.8 Å². The van der Waals surface area contributed by atoms with Crippen molar-refractivity contribution in [3.05, 3.63) is 65.4 Å². The summed E-state index contributed by atoms with van der Waals surface area (Å²) in [6, 6.07) is 10.9. The highest BCUT2D eigenvalue weighted by molar-refractivity contribution is 5.97. The molecular weight excluding hydrogens is 326 g/mol. The Morgan fingerprint density at radius 3 is 2.76 bits per heavy atom. The first-order chi connectivity index (χ1) is 12.1. The van der Waals surface area contributed by atoms with E-state index >= 15 is 0 Å². The van der Waals surface area contributed by atoms with E-state index in [0.29, 0.717) is 22.5 Å². The van der Waals surface area contributed by atoms with Crippen LogP contribution in [0, 0.1) is 11.6 Å². The Kier molecular flexibility index (Phi) is 3.49. The summed E-state index contributed by atoms with van der Waals surface area (Å²) in [4.78, 5) is 4.35. The second-order valence-electron chi connectivity index (χ2n) is 5.67. The number of hydrogen-bond acceptors (Lipinski definition) is 4. The van der Waals surface area contributed by atoms with Crippen LogP contribution in [0.4, 0.5) is 14.7 Å². The first-order valence-electron chi connectivity index (χ1n) is 7.61. The SMILES string of the molecule is COc1cccc2c1nc(N)n1nc(Cc3ccc(F)cc3F)cc21. The van der Waals surface area contributed by atoms with Crippen LogP contribution < -0.4 is 10.5 Å². The third-order valence-electron chi connectivity index (χ3n) is 4.08. The highest BCUT2D eigenvalue weighted by Gasteiger charge is 2.14. The van der Waals surface area contributed by atoms with Crippen LogP contribution in [0.1, 0.15) is 11.3 Å². The normalized spacial score (nSPS) is 11.3. The van der Waals surface area contributed by atoms with Crippen molar-refractivity contribution in [1.29, 1.82) is 0 Å². The van der Waals surface area contributed by atoms with Gasteiger partial charge in [0.25, 0.3) is 0 Å². The molecule has 0 spiro atoms. The van der Waals surface area contributed by atoms with Crippen molar-refractivity contribution in [2.45, 2.75) is 6.42 Å². The number of anilines is 1. The number of aromatic nitrogens is 3. The molecule has 0 bridgehead atoms. The lowest BCUT2D eigenvalue weighted by molar-refractivity contribution is 0.419. The number of nitrogen functional groups attached to an aromatic ring is 1. The minimum absolute atomic E-state index is 0.206. The number of nitrogens with zero attached hydrogens (tertiary/aromatic N) is 3. The summed E-state index contributed by atoms with van der Waals surface area (Å²) < 4.78 is 33.8. The molecule has 4 rings (SSSR count). The summed E-state index contributed by atoms with van der Waals surface area (Å²) >= 11 is 0. The Labute approximate surface area is 141 Å². The maximum Gasteiger partial charge on any atom is 0.222 e. The number of methoxy groups -OCH3 is 1. The molecular formula is C18H14F2N4O. The van der Waals surface area contributed by atoms with Crippen molar-refractivity contribution in [3.63, 3.8) is 0 Å². The van der Waals surface area contributed by atoms with Gasteiger partial charge in [0.05, 0.1) is 18.3 Å². The van der Waals surface area contributed by atoms with Crippen LogP contribution >= 0.6 is 0 Å². The quantitative estimate of drug-likeness (QED) is 0.621. The van der Waals surface area contributed by atoms with Gasteiger partial charge < -0.3 is 10.5 Å². The van der Waals surface area contributed by atoms with E-state index in [0.717, 1.165) is 17.0 Å². The van der Waals surface area contributed by atoms with Crippen LogP contribution in [0.2, 0.25) is 0 Å². The molecule has 0 atom stereocenters. The second kappa shape index (κ2) is 5.70. The largest absolute Gasteiger partial charge is 0.494 e. The van der Waals surface area contributed by atoms with E-state index in [-0.39, 0.29) is 12.4 Å². The Bertz CT molecular complexity index is 1110. The van der Waals surface area contributed by atoms with Gasteiger partial charge in [0.2, 0.25) is 5.95 Å². The number of benzene rings is 2. The van der Waals surface area contributed by atoms with Crippen molar-refractivity contribution in [1.82, 2.24) is 14.6 Å². The molecule has 0 aliphatic rings. The number of nitrogens with two attached hydrogens (primary N) is 1. The van der Waals surface area contributed by atoms with Crippen LogP contribution in [0.25, 0.3) is 16.4 Å². The molecule has 0 fully saturated rings. The molecule has 2 aromatic heterocycles. The van der Waals surface area contributed by atoms with E-state index in [2.05, 4.69) is 10.1 Å². The van der Waals surface area contributed by atoms with Gasteiger partial charge in [-0.1, -0.05) is 18.2 Å². The number of halogens is 2. The molecule has 0 saturated heterocycles. The zero-order chi connectivity index (χ0) is 17.6. The van der Waals surface area contributed by atoms with E-state index in [9.17, 15) is 8.78 Å². The molecule has 25 heavy (non-hydrogen) atoms. The summed E-state index contributed by atoms with van der Waals surface area (Å²) in [6.07, 6.45) is 0.221. The van der Waals surface area contributed by atoms with Crippen molar-refractivity contribution in [3.8, 4) is 5.75 Å². The fourth-order valence-corrected chi connectivity index (χ4v) is 2.91. The van der Waals surface area contributed by atoms with Gasteiger partial charge in [-0.15, -0.1) is 0 Å². The Hall–Kier alpha value is -3.22. The van der Waals surface area contributed by atoms with Crippen molar-refractivity contribution < 1.29 is 13.5 Å². The summed E-state index contributed by atoms with van der Waals surface area (Å²) in [7, 11) is 1.57. The fourth-order valence-electron chi connectivity index (χ4n) is 2.91. The molecule has 126 valence electrons. The van der Waals surface area contributed by atoms with Crippen molar-refractivity contribution >= 4 is 22.4 Å². The van der Waals surface area contributed by atoms with E-state index < -0.39 is 11.6 Å². The summed E-state index contributed by atoms with van der Waals surface area (Å²) in [5, 5.41) is 5.23. The van der Waals surface area contributed by atoms with Crippen LogP contribution in [-0.2, 0) is 6.42 Å². The Morgan fingerprint density at radius 1 is 1.16 bits per heavy atom. The molecule has 2 N–H and O–H groups in total. The van der Waals surface area contributed by atoms with E-state index in [1.54, 1.807) is 13.2 Å². The monoisotopic (exact) mass is 340 g/mol.